The van der Waals surface area contributed by atoms with Crippen LogP contribution >= 0.6 is 11.6 Å². The first kappa shape index (κ1) is 24.2. The van der Waals surface area contributed by atoms with Crippen molar-refractivity contribution in [2.45, 2.75) is 24.3 Å². The first-order valence-corrected chi connectivity index (χ1v) is 11.9. The van der Waals surface area contributed by atoms with E-state index >= 15 is 0 Å². The van der Waals surface area contributed by atoms with Gasteiger partial charge in [0.2, 0.25) is 15.9 Å². The van der Waals surface area contributed by atoms with E-state index in [1.807, 2.05) is 12.1 Å². The number of nitrogens with zero attached hydrogens (tertiary/aromatic N) is 1. The molecule has 0 saturated carbocycles. The van der Waals surface area contributed by atoms with Crippen LogP contribution in [0.5, 0.6) is 17.2 Å². The highest BCUT2D eigenvalue weighted by molar-refractivity contribution is 7.89. The minimum Gasteiger partial charge on any atom is -0.495 e. The molecule has 0 bridgehead atoms. The summed E-state index contributed by atoms with van der Waals surface area (Å²) in [6, 6.07) is 9.85. The van der Waals surface area contributed by atoms with Crippen LogP contribution in [0.4, 0.5) is 0 Å². The van der Waals surface area contributed by atoms with E-state index in [0.717, 1.165) is 5.56 Å². The molecule has 0 aromatic heterocycles. The highest BCUT2D eigenvalue weighted by Gasteiger charge is 2.32. The maximum absolute atomic E-state index is 12.9. The summed E-state index contributed by atoms with van der Waals surface area (Å²) >= 11 is 6.08. The number of carbonyl (C=O) groups excluding carboxylic acids is 1. The number of piperidine rings is 1. The van der Waals surface area contributed by atoms with Crippen molar-refractivity contribution >= 4 is 27.5 Å². The third-order valence-corrected chi connectivity index (χ3v) is 7.69. The molecule has 3 rings (SSSR count). The van der Waals surface area contributed by atoms with Crippen LogP contribution < -0.4 is 19.5 Å². The van der Waals surface area contributed by atoms with Crippen molar-refractivity contribution in [3.05, 3.63) is 47.0 Å². The van der Waals surface area contributed by atoms with Gasteiger partial charge < -0.3 is 19.5 Å². The zero-order chi connectivity index (χ0) is 23.3. The fraction of sp³-hybridized carbons (Fsp3) is 0.409. The maximum atomic E-state index is 12.9. The van der Waals surface area contributed by atoms with Crippen LogP contribution in [-0.2, 0) is 21.4 Å². The smallest absolute Gasteiger partial charge is 0.243 e. The quantitative estimate of drug-likeness (QED) is 0.621. The summed E-state index contributed by atoms with van der Waals surface area (Å²) in [4.78, 5) is 12.7. The molecule has 1 heterocycles. The molecule has 8 nitrogen and oxygen atoms in total. The van der Waals surface area contributed by atoms with E-state index in [9.17, 15) is 13.2 Å². The molecule has 1 fully saturated rings. The molecule has 0 spiro atoms. The van der Waals surface area contributed by atoms with Crippen molar-refractivity contribution in [2.24, 2.45) is 5.92 Å². The van der Waals surface area contributed by atoms with Gasteiger partial charge >= 0.3 is 0 Å². The topological polar surface area (TPSA) is 94.2 Å². The lowest BCUT2D eigenvalue weighted by atomic mass is 9.97. The van der Waals surface area contributed by atoms with Crippen LogP contribution in [0, 0.1) is 5.92 Å². The van der Waals surface area contributed by atoms with Crippen molar-refractivity contribution in [1.82, 2.24) is 9.62 Å². The van der Waals surface area contributed by atoms with E-state index in [1.54, 1.807) is 20.3 Å². The Morgan fingerprint density at radius 1 is 1.00 bits per heavy atom. The zero-order valence-corrected chi connectivity index (χ0v) is 19.8. The number of ether oxygens (including phenoxy) is 3. The number of methoxy groups -OCH3 is 3. The summed E-state index contributed by atoms with van der Waals surface area (Å²) < 4.78 is 42.9. The Morgan fingerprint density at radius 3 is 2.22 bits per heavy atom. The summed E-state index contributed by atoms with van der Waals surface area (Å²) in [6.07, 6.45) is 0.891. The Hall–Kier alpha value is -2.49. The Bertz CT molecular complexity index is 1070. The lowest BCUT2D eigenvalue weighted by molar-refractivity contribution is -0.126. The van der Waals surface area contributed by atoms with E-state index in [2.05, 4.69) is 5.32 Å². The van der Waals surface area contributed by atoms with Crippen LogP contribution in [0.3, 0.4) is 0 Å². The van der Waals surface area contributed by atoms with E-state index in [4.69, 9.17) is 25.8 Å². The van der Waals surface area contributed by atoms with Gasteiger partial charge in [0.05, 0.1) is 31.2 Å². The third-order valence-electron chi connectivity index (χ3n) is 5.50. The predicted octanol–water partition coefficient (Wildman–Crippen LogP) is 3.08. The number of amides is 1. The second kappa shape index (κ2) is 10.4. The average Bonchev–Trinajstić information content (AvgIpc) is 2.82. The summed E-state index contributed by atoms with van der Waals surface area (Å²) in [5.74, 6) is 1.28. The van der Waals surface area contributed by atoms with Crippen LogP contribution in [0.2, 0.25) is 5.02 Å². The summed E-state index contributed by atoms with van der Waals surface area (Å²) in [7, 11) is 0.898. The molecule has 0 atom stereocenters. The number of rotatable bonds is 8. The van der Waals surface area contributed by atoms with Gasteiger partial charge in [-0.2, -0.15) is 4.31 Å². The molecule has 1 aliphatic rings. The van der Waals surface area contributed by atoms with Gasteiger partial charge in [-0.15, -0.1) is 0 Å². The molecule has 10 heteroatoms. The first-order chi connectivity index (χ1) is 15.3. The van der Waals surface area contributed by atoms with Crippen molar-refractivity contribution in [3.63, 3.8) is 0 Å². The minimum absolute atomic E-state index is 0.0932. The first-order valence-electron chi connectivity index (χ1n) is 10.1. The van der Waals surface area contributed by atoms with Crippen molar-refractivity contribution in [3.8, 4) is 17.2 Å². The van der Waals surface area contributed by atoms with Gasteiger partial charge in [0.15, 0.2) is 11.5 Å². The van der Waals surface area contributed by atoms with Gasteiger partial charge in [-0.1, -0.05) is 17.7 Å². The Kier molecular flexibility index (Phi) is 7.86. The van der Waals surface area contributed by atoms with Gasteiger partial charge in [-0.3, -0.25) is 4.79 Å². The number of halogens is 1. The molecule has 1 aliphatic heterocycles. The second-order valence-corrected chi connectivity index (χ2v) is 9.73. The number of nitrogens with one attached hydrogen (secondary N) is 1. The molecule has 1 amide bonds. The highest BCUT2D eigenvalue weighted by atomic mass is 35.5. The van der Waals surface area contributed by atoms with Crippen molar-refractivity contribution in [2.75, 3.05) is 34.4 Å². The monoisotopic (exact) mass is 482 g/mol. The Labute approximate surface area is 193 Å². The maximum Gasteiger partial charge on any atom is 0.243 e. The molecular weight excluding hydrogens is 456 g/mol. The normalized spacial score (nSPS) is 15.2. The fourth-order valence-electron chi connectivity index (χ4n) is 3.64. The molecule has 1 saturated heterocycles. The fourth-order valence-corrected chi connectivity index (χ4v) is 5.46. The molecule has 32 heavy (non-hydrogen) atoms. The summed E-state index contributed by atoms with van der Waals surface area (Å²) in [5, 5.41) is 3.16. The van der Waals surface area contributed by atoms with E-state index in [0.29, 0.717) is 36.6 Å². The molecular formula is C22H27ClN2O6S. The number of hydrogen-bond acceptors (Lipinski definition) is 6. The molecule has 0 unspecified atom stereocenters. The van der Waals surface area contributed by atoms with Crippen LogP contribution in [0.15, 0.2) is 41.3 Å². The lowest BCUT2D eigenvalue weighted by Gasteiger charge is -2.30. The molecule has 0 radical (unpaired) electrons. The Morgan fingerprint density at radius 2 is 1.62 bits per heavy atom. The number of carbonyl (C=O) groups is 1. The summed E-state index contributed by atoms with van der Waals surface area (Å²) in [6.45, 7) is 0.878. The molecule has 2 aromatic carbocycles. The van der Waals surface area contributed by atoms with Gasteiger partial charge in [0.1, 0.15) is 5.75 Å². The number of benzene rings is 2. The Balaban J connectivity index is 1.57. The van der Waals surface area contributed by atoms with Crippen molar-refractivity contribution in [1.29, 1.82) is 0 Å². The second-order valence-electron chi connectivity index (χ2n) is 7.38. The number of sulfonamides is 1. The lowest BCUT2D eigenvalue weighted by Crippen LogP contribution is -2.42. The molecule has 0 aliphatic carbocycles. The minimum atomic E-state index is -3.69. The number of hydrogen-bond donors (Lipinski definition) is 1. The zero-order valence-electron chi connectivity index (χ0n) is 18.3. The van der Waals surface area contributed by atoms with E-state index in [-0.39, 0.29) is 34.8 Å². The van der Waals surface area contributed by atoms with Gasteiger partial charge in [-0.05, 0) is 48.7 Å². The van der Waals surface area contributed by atoms with Gasteiger partial charge in [0.25, 0.3) is 0 Å². The van der Waals surface area contributed by atoms with Crippen LogP contribution in [0.25, 0.3) is 0 Å². The predicted molar refractivity (Wildman–Crippen MR) is 121 cm³/mol. The SMILES string of the molecule is COc1ccc(S(=O)(=O)N2CCC(C(=O)NCc3ccc(OC)c(OC)c3)CC2)cc1Cl. The highest BCUT2D eigenvalue weighted by Crippen LogP contribution is 2.30. The molecule has 1 N–H and O–H groups in total. The van der Waals surface area contributed by atoms with Crippen LogP contribution in [-0.4, -0.2) is 53.0 Å². The van der Waals surface area contributed by atoms with E-state index in [1.165, 1.54) is 29.6 Å². The molecule has 2 aromatic rings. The van der Waals surface area contributed by atoms with Crippen molar-refractivity contribution < 1.29 is 27.4 Å². The van der Waals surface area contributed by atoms with Gasteiger partial charge in [0, 0.05) is 25.6 Å². The van der Waals surface area contributed by atoms with Crippen LogP contribution in [0.1, 0.15) is 18.4 Å². The van der Waals surface area contributed by atoms with E-state index < -0.39 is 10.0 Å². The third kappa shape index (κ3) is 5.28. The largest absolute Gasteiger partial charge is 0.495 e. The summed E-state index contributed by atoms with van der Waals surface area (Å²) in [5.41, 5.74) is 0.882. The standard InChI is InChI=1S/C22H27ClN2O6S/c1-29-19-7-5-17(13-18(19)23)32(27,28)25-10-8-16(9-11-25)22(26)24-14-15-4-6-20(30-2)21(12-15)31-3/h4-7,12-13,16H,8-11,14H2,1-3H3,(H,24,26). The average molecular weight is 483 g/mol. The van der Waals surface area contributed by atoms with Gasteiger partial charge in [-0.25, -0.2) is 8.42 Å². The molecule has 174 valence electrons.